The highest BCUT2D eigenvalue weighted by Crippen LogP contribution is 2.79. The molecule has 6 rings (SSSR count). The van der Waals surface area contributed by atoms with E-state index in [1.165, 1.54) is 19.3 Å². The number of hydrogen-bond donors (Lipinski definition) is 0. The molecule has 0 heterocycles. The Morgan fingerprint density at radius 3 is 1.95 bits per heavy atom. The molecule has 0 N–H and O–H groups in total. The standard InChI is InChI=1S/C30H50.C4H10.C3H8/c1-5-10-24-26(22-16-29(17-22)14-21(15-29)19(2)3)18-30-12-9-7-6-8-11-23-20(4)13-25(27(23)30)28(24)30;1-4(2)3;1-3-2/h19-28H,5-18H2,1-4H3;4H,1-3H3;3H2,1-2H3. The van der Waals surface area contributed by atoms with E-state index >= 15 is 0 Å². The number of fused-ring (bicyclic) bond motifs is 1. The molecule has 6 saturated carbocycles. The summed E-state index contributed by atoms with van der Waals surface area (Å²) in [4.78, 5) is 0. The van der Waals surface area contributed by atoms with E-state index in [0.717, 1.165) is 75.9 Å². The van der Waals surface area contributed by atoms with Crippen LogP contribution < -0.4 is 0 Å². The van der Waals surface area contributed by atoms with E-state index < -0.39 is 0 Å². The van der Waals surface area contributed by atoms with Gasteiger partial charge < -0.3 is 0 Å². The van der Waals surface area contributed by atoms with Crippen LogP contribution in [0.25, 0.3) is 0 Å². The lowest BCUT2D eigenvalue weighted by Crippen LogP contribution is -2.55. The first-order valence-corrected chi connectivity index (χ1v) is 17.6. The first-order chi connectivity index (χ1) is 17.6. The van der Waals surface area contributed by atoms with Crippen LogP contribution in [0.1, 0.15) is 159 Å². The average molecular weight is 513 g/mol. The molecule has 6 aliphatic rings. The van der Waals surface area contributed by atoms with Crippen molar-refractivity contribution < 1.29 is 0 Å². The molecular formula is C37H68. The van der Waals surface area contributed by atoms with Crippen molar-refractivity contribution in [3.8, 4) is 0 Å². The van der Waals surface area contributed by atoms with Crippen molar-refractivity contribution in [3.63, 3.8) is 0 Å². The van der Waals surface area contributed by atoms with Crippen LogP contribution >= 0.6 is 0 Å². The van der Waals surface area contributed by atoms with E-state index in [4.69, 9.17) is 0 Å². The van der Waals surface area contributed by atoms with Crippen molar-refractivity contribution in [2.45, 2.75) is 159 Å². The van der Waals surface area contributed by atoms with Crippen LogP contribution in [-0.2, 0) is 0 Å². The Labute approximate surface area is 234 Å². The van der Waals surface area contributed by atoms with Gasteiger partial charge in [-0.15, -0.1) is 0 Å². The van der Waals surface area contributed by atoms with Gasteiger partial charge in [-0.25, -0.2) is 0 Å². The van der Waals surface area contributed by atoms with Gasteiger partial charge in [0.15, 0.2) is 0 Å². The van der Waals surface area contributed by atoms with E-state index in [2.05, 4.69) is 62.3 Å². The van der Waals surface area contributed by atoms with Crippen LogP contribution in [0.2, 0.25) is 0 Å². The minimum absolute atomic E-state index is 0.817. The van der Waals surface area contributed by atoms with E-state index in [1.54, 1.807) is 77.0 Å². The molecule has 0 nitrogen and oxygen atoms in total. The maximum atomic E-state index is 2.65. The van der Waals surface area contributed by atoms with Gasteiger partial charge in [0.05, 0.1) is 0 Å². The predicted molar refractivity (Wildman–Crippen MR) is 164 cm³/mol. The Hall–Kier alpha value is 0. The second kappa shape index (κ2) is 12.2. The highest BCUT2D eigenvalue weighted by atomic mass is 14.8. The second-order valence-corrected chi connectivity index (χ2v) is 16.6. The maximum Gasteiger partial charge on any atom is -0.0227 e. The Bertz CT molecular complexity index is 686. The number of rotatable bonds is 4. The van der Waals surface area contributed by atoms with Crippen LogP contribution in [0.15, 0.2) is 0 Å². The maximum absolute atomic E-state index is 2.65. The third-order valence-electron chi connectivity index (χ3n) is 12.6. The van der Waals surface area contributed by atoms with Crippen molar-refractivity contribution in [2.24, 2.45) is 75.9 Å². The van der Waals surface area contributed by atoms with Gasteiger partial charge in [-0.1, -0.05) is 107 Å². The van der Waals surface area contributed by atoms with Gasteiger partial charge in [-0.3, -0.25) is 0 Å². The van der Waals surface area contributed by atoms with Crippen molar-refractivity contribution in [3.05, 3.63) is 0 Å². The van der Waals surface area contributed by atoms with Gasteiger partial charge in [-0.2, -0.15) is 0 Å². The Balaban J connectivity index is 0.000000412. The van der Waals surface area contributed by atoms with Crippen molar-refractivity contribution in [2.75, 3.05) is 0 Å². The summed E-state index contributed by atoms with van der Waals surface area (Å²) in [5.74, 6) is 11.8. The molecule has 6 aliphatic carbocycles. The van der Waals surface area contributed by atoms with Crippen LogP contribution in [-0.4, -0.2) is 0 Å². The molecule has 0 aromatic heterocycles. The van der Waals surface area contributed by atoms with Crippen LogP contribution in [0, 0.1) is 75.9 Å². The Morgan fingerprint density at radius 2 is 1.35 bits per heavy atom. The zero-order valence-corrected chi connectivity index (χ0v) is 27.0. The molecule has 0 amide bonds. The summed E-state index contributed by atoms with van der Waals surface area (Å²) in [6.45, 7) is 20.8. The molecule has 0 radical (unpaired) electrons. The molecule has 2 spiro atoms. The molecule has 6 fully saturated rings. The topological polar surface area (TPSA) is 0 Å². The lowest BCUT2D eigenvalue weighted by molar-refractivity contribution is -0.126. The third-order valence-corrected chi connectivity index (χ3v) is 12.6. The minimum Gasteiger partial charge on any atom is -0.0656 e. The monoisotopic (exact) mass is 513 g/mol. The van der Waals surface area contributed by atoms with Gasteiger partial charge >= 0.3 is 0 Å². The van der Waals surface area contributed by atoms with Gasteiger partial charge in [-0.05, 0) is 127 Å². The van der Waals surface area contributed by atoms with Crippen LogP contribution in [0.5, 0.6) is 0 Å². The van der Waals surface area contributed by atoms with E-state index in [9.17, 15) is 0 Å². The van der Waals surface area contributed by atoms with Crippen molar-refractivity contribution >= 4 is 0 Å². The zero-order chi connectivity index (χ0) is 27.0. The molecule has 216 valence electrons. The molecule has 37 heavy (non-hydrogen) atoms. The molecule has 0 heteroatoms. The summed E-state index contributed by atoms with van der Waals surface area (Å²) in [7, 11) is 0. The molecule has 0 aromatic rings. The minimum atomic E-state index is 0.817. The molecule has 0 aliphatic heterocycles. The predicted octanol–water partition coefficient (Wildman–Crippen LogP) is 11.8. The van der Waals surface area contributed by atoms with Gasteiger partial charge in [0.25, 0.3) is 0 Å². The van der Waals surface area contributed by atoms with Crippen LogP contribution in [0.3, 0.4) is 0 Å². The van der Waals surface area contributed by atoms with Crippen molar-refractivity contribution in [1.29, 1.82) is 0 Å². The quantitative estimate of drug-likeness (QED) is 0.351. The Kier molecular flexibility index (Phi) is 9.92. The fourth-order valence-electron chi connectivity index (χ4n) is 11.6. The first kappa shape index (κ1) is 30.0. The fourth-order valence-corrected chi connectivity index (χ4v) is 11.6. The first-order valence-electron chi connectivity index (χ1n) is 17.6. The molecule has 0 bridgehead atoms. The van der Waals surface area contributed by atoms with Gasteiger partial charge in [0, 0.05) is 0 Å². The SMILES string of the molecule is CC(C)C.CCC.CCCC1C(C2CC3(CC(C(C)C)C3)C2)CC23CCCCCCC4C(C)CC(C42)C13. The molecule has 8 unspecified atom stereocenters. The van der Waals surface area contributed by atoms with Gasteiger partial charge in [0.2, 0.25) is 0 Å². The lowest BCUT2D eigenvalue weighted by atomic mass is 9.44. The third kappa shape index (κ3) is 5.63. The van der Waals surface area contributed by atoms with E-state index in [1.807, 2.05) is 0 Å². The van der Waals surface area contributed by atoms with Crippen molar-refractivity contribution in [1.82, 2.24) is 0 Å². The zero-order valence-electron chi connectivity index (χ0n) is 27.0. The smallest absolute Gasteiger partial charge is 0.0227 e. The van der Waals surface area contributed by atoms with E-state index in [0.29, 0.717) is 0 Å². The van der Waals surface area contributed by atoms with Gasteiger partial charge in [0.1, 0.15) is 0 Å². The second-order valence-electron chi connectivity index (χ2n) is 16.6. The Morgan fingerprint density at radius 1 is 0.730 bits per heavy atom. The summed E-state index contributed by atoms with van der Waals surface area (Å²) in [5.41, 5.74) is 1.65. The van der Waals surface area contributed by atoms with E-state index in [-0.39, 0.29) is 0 Å². The number of hydrogen-bond acceptors (Lipinski definition) is 0. The summed E-state index contributed by atoms with van der Waals surface area (Å²) in [6.07, 6.45) is 23.4. The summed E-state index contributed by atoms with van der Waals surface area (Å²) in [5, 5.41) is 0. The van der Waals surface area contributed by atoms with Crippen LogP contribution in [0.4, 0.5) is 0 Å². The normalized spacial score (nSPS) is 47.6. The highest BCUT2D eigenvalue weighted by molar-refractivity contribution is 5.21. The summed E-state index contributed by atoms with van der Waals surface area (Å²) in [6, 6.07) is 0. The molecular weight excluding hydrogens is 444 g/mol. The molecule has 0 saturated heterocycles. The highest BCUT2D eigenvalue weighted by Gasteiger charge is 2.73. The molecule has 8 atom stereocenters. The fraction of sp³-hybridized carbons (Fsp3) is 1.00. The molecule has 0 aromatic carbocycles. The average Bonchev–Trinajstić information content (AvgIpc) is 3.20. The lowest BCUT2D eigenvalue weighted by Gasteiger charge is -2.61. The largest absolute Gasteiger partial charge is 0.0656 e. The summed E-state index contributed by atoms with van der Waals surface area (Å²) >= 11 is 0. The summed E-state index contributed by atoms with van der Waals surface area (Å²) < 4.78 is 0.